The highest BCUT2D eigenvalue weighted by molar-refractivity contribution is 6.24. The summed E-state index contributed by atoms with van der Waals surface area (Å²) in [6.45, 7) is 1.81. The zero-order chi connectivity index (χ0) is 21.7. The SMILES string of the molecule is CNC(=O)C1(C)C=C(C(N)=O)C(=O)N(c2ccccc2)C1.O=C(O)C(F)(F)F. The molecule has 1 aromatic rings. The molecule has 0 aliphatic carbocycles. The lowest BCUT2D eigenvalue weighted by molar-refractivity contribution is -0.192. The van der Waals surface area contributed by atoms with Gasteiger partial charge in [0.05, 0.1) is 5.41 Å². The molecule has 1 atom stereocenters. The number of alkyl halides is 3. The zero-order valence-electron chi connectivity index (χ0n) is 14.9. The van der Waals surface area contributed by atoms with Gasteiger partial charge in [0.1, 0.15) is 5.57 Å². The summed E-state index contributed by atoms with van der Waals surface area (Å²) >= 11 is 0. The Morgan fingerprint density at radius 1 is 1.21 bits per heavy atom. The highest BCUT2D eigenvalue weighted by Crippen LogP contribution is 2.31. The lowest BCUT2D eigenvalue weighted by atomic mass is 9.82. The van der Waals surface area contributed by atoms with Gasteiger partial charge in [-0.05, 0) is 25.1 Å². The van der Waals surface area contributed by atoms with Crippen LogP contribution in [0.4, 0.5) is 18.9 Å². The van der Waals surface area contributed by atoms with Crippen LogP contribution in [0.1, 0.15) is 6.92 Å². The molecule has 1 heterocycles. The second-order valence-corrected chi connectivity index (χ2v) is 5.95. The van der Waals surface area contributed by atoms with E-state index < -0.39 is 29.4 Å². The van der Waals surface area contributed by atoms with Crippen LogP contribution in [0.5, 0.6) is 0 Å². The fraction of sp³-hybridized carbons (Fsp3) is 0.294. The van der Waals surface area contributed by atoms with Crippen LogP contribution in [-0.4, -0.2) is 48.6 Å². The molecule has 4 N–H and O–H groups in total. The molecule has 0 fully saturated rings. The Labute approximate surface area is 157 Å². The molecule has 1 unspecified atom stereocenters. The molecule has 1 aliphatic heterocycles. The number of carboxylic acids is 1. The van der Waals surface area contributed by atoms with Gasteiger partial charge in [-0.15, -0.1) is 0 Å². The van der Waals surface area contributed by atoms with Crippen molar-refractivity contribution in [1.82, 2.24) is 5.32 Å². The van der Waals surface area contributed by atoms with Gasteiger partial charge in [-0.3, -0.25) is 14.4 Å². The molecule has 8 nitrogen and oxygen atoms in total. The molecule has 1 aromatic carbocycles. The Bertz CT molecular complexity index is 808. The monoisotopic (exact) mass is 401 g/mol. The van der Waals surface area contributed by atoms with Crippen LogP contribution in [0, 0.1) is 5.41 Å². The topological polar surface area (TPSA) is 130 Å². The molecular formula is C17H18F3N3O5. The first-order valence-corrected chi connectivity index (χ1v) is 7.75. The molecular weight excluding hydrogens is 383 g/mol. The van der Waals surface area contributed by atoms with Gasteiger partial charge in [0.2, 0.25) is 5.91 Å². The van der Waals surface area contributed by atoms with E-state index in [-0.39, 0.29) is 18.0 Å². The van der Waals surface area contributed by atoms with Gasteiger partial charge in [0.25, 0.3) is 11.8 Å². The number of carboxylic acid groups (broad SMARTS) is 1. The van der Waals surface area contributed by atoms with Crippen LogP contribution in [0.2, 0.25) is 0 Å². The van der Waals surface area contributed by atoms with Crippen molar-refractivity contribution in [3.05, 3.63) is 42.0 Å². The number of aliphatic carboxylic acids is 1. The number of primary amides is 1. The Kier molecular flexibility index (Phi) is 6.92. The number of rotatable bonds is 3. The van der Waals surface area contributed by atoms with Crippen LogP contribution < -0.4 is 16.0 Å². The van der Waals surface area contributed by atoms with E-state index in [1.807, 2.05) is 6.07 Å². The zero-order valence-corrected chi connectivity index (χ0v) is 14.9. The lowest BCUT2D eigenvalue weighted by Gasteiger charge is -2.36. The highest BCUT2D eigenvalue weighted by Gasteiger charge is 2.42. The van der Waals surface area contributed by atoms with Crippen LogP contribution in [-0.2, 0) is 19.2 Å². The van der Waals surface area contributed by atoms with Gasteiger partial charge in [-0.25, -0.2) is 4.79 Å². The van der Waals surface area contributed by atoms with Gasteiger partial charge in [0.15, 0.2) is 0 Å². The van der Waals surface area contributed by atoms with E-state index >= 15 is 0 Å². The summed E-state index contributed by atoms with van der Waals surface area (Å²) in [4.78, 5) is 46.3. The van der Waals surface area contributed by atoms with E-state index in [0.29, 0.717) is 5.69 Å². The third-order valence-electron chi connectivity index (χ3n) is 3.75. The Morgan fingerprint density at radius 2 is 1.71 bits per heavy atom. The molecule has 0 bridgehead atoms. The maximum atomic E-state index is 12.4. The van der Waals surface area contributed by atoms with Gasteiger partial charge in [0, 0.05) is 19.3 Å². The number of benzene rings is 1. The molecule has 2 rings (SSSR count). The quantitative estimate of drug-likeness (QED) is 0.646. The minimum Gasteiger partial charge on any atom is -0.475 e. The molecule has 0 radical (unpaired) electrons. The Hall–Kier alpha value is -3.37. The first kappa shape index (κ1) is 22.7. The number of halogens is 3. The van der Waals surface area contributed by atoms with Crippen molar-refractivity contribution in [2.24, 2.45) is 11.1 Å². The van der Waals surface area contributed by atoms with E-state index in [0.717, 1.165) is 0 Å². The third-order valence-corrected chi connectivity index (χ3v) is 3.75. The molecule has 11 heteroatoms. The maximum absolute atomic E-state index is 12.4. The average Bonchev–Trinajstić information content (AvgIpc) is 2.63. The first-order valence-electron chi connectivity index (χ1n) is 7.75. The Balaban J connectivity index is 0.000000480. The average molecular weight is 401 g/mol. The number of carbonyl (C=O) groups is 4. The third kappa shape index (κ3) is 5.32. The summed E-state index contributed by atoms with van der Waals surface area (Å²) in [7, 11) is 1.51. The fourth-order valence-corrected chi connectivity index (χ4v) is 2.39. The van der Waals surface area contributed by atoms with Crippen molar-refractivity contribution < 1.29 is 37.5 Å². The van der Waals surface area contributed by atoms with Gasteiger partial charge in [-0.2, -0.15) is 13.2 Å². The van der Waals surface area contributed by atoms with Crippen molar-refractivity contribution in [3.63, 3.8) is 0 Å². The fourth-order valence-electron chi connectivity index (χ4n) is 2.39. The molecule has 28 heavy (non-hydrogen) atoms. The van der Waals surface area contributed by atoms with Crippen molar-refractivity contribution in [3.8, 4) is 0 Å². The van der Waals surface area contributed by atoms with E-state index in [1.54, 1.807) is 31.2 Å². The standard InChI is InChI=1S/C15H17N3O3.C2HF3O2/c1-15(14(21)17-2)8-11(12(16)19)13(20)18(9-15)10-6-4-3-5-7-10;3-2(4,5)1(6)7/h3-8H,9H2,1-2H3,(H2,16,19)(H,17,21);(H,6,7). The van der Waals surface area contributed by atoms with Crippen molar-refractivity contribution >= 4 is 29.4 Å². The Morgan fingerprint density at radius 3 is 2.11 bits per heavy atom. The summed E-state index contributed by atoms with van der Waals surface area (Å²) in [5.41, 5.74) is 4.71. The second-order valence-electron chi connectivity index (χ2n) is 5.95. The second kappa shape index (κ2) is 8.55. The predicted molar refractivity (Wildman–Crippen MR) is 91.9 cm³/mol. The number of nitrogens with two attached hydrogens (primary N) is 1. The summed E-state index contributed by atoms with van der Waals surface area (Å²) in [6, 6.07) is 8.86. The molecule has 152 valence electrons. The smallest absolute Gasteiger partial charge is 0.475 e. The van der Waals surface area contributed by atoms with Gasteiger partial charge < -0.3 is 21.1 Å². The van der Waals surface area contributed by atoms with Crippen LogP contribution in [0.15, 0.2) is 42.0 Å². The summed E-state index contributed by atoms with van der Waals surface area (Å²) in [5, 5.41) is 9.67. The van der Waals surface area contributed by atoms with Crippen LogP contribution >= 0.6 is 0 Å². The number of carbonyl (C=O) groups excluding carboxylic acids is 3. The minimum atomic E-state index is -5.08. The number of amides is 3. The highest BCUT2D eigenvalue weighted by atomic mass is 19.4. The number of para-hydroxylation sites is 1. The summed E-state index contributed by atoms with van der Waals surface area (Å²) in [5.74, 6) is -4.37. The minimum absolute atomic E-state index is 0.145. The molecule has 0 saturated carbocycles. The van der Waals surface area contributed by atoms with Gasteiger partial charge >= 0.3 is 12.1 Å². The normalized spacial score (nSPS) is 19.1. The van der Waals surface area contributed by atoms with Crippen LogP contribution in [0.25, 0.3) is 0 Å². The molecule has 3 amide bonds. The number of hydrogen-bond donors (Lipinski definition) is 3. The molecule has 0 aromatic heterocycles. The largest absolute Gasteiger partial charge is 0.490 e. The number of hydrogen-bond acceptors (Lipinski definition) is 4. The van der Waals surface area contributed by atoms with E-state index in [2.05, 4.69) is 5.32 Å². The first-order chi connectivity index (χ1) is 12.8. The number of nitrogens with one attached hydrogen (secondary N) is 1. The molecule has 0 spiro atoms. The molecule has 1 aliphatic rings. The number of nitrogens with zero attached hydrogens (tertiary/aromatic N) is 1. The van der Waals surface area contributed by atoms with E-state index in [9.17, 15) is 27.6 Å². The van der Waals surface area contributed by atoms with Crippen molar-refractivity contribution in [1.29, 1.82) is 0 Å². The number of anilines is 1. The van der Waals surface area contributed by atoms with Gasteiger partial charge in [-0.1, -0.05) is 18.2 Å². The summed E-state index contributed by atoms with van der Waals surface area (Å²) < 4.78 is 31.7. The summed E-state index contributed by atoms with van der Waals surface area (Å²) in [6.07, 6.45) is -3.73. The van der Waals surface area contributed by atoms with E-state index in [1.165, 1.54) is 18.0 Å². The predicted octanol–water partition coefficient (Wildman–Crippen LogP) is 0.831. The van der Waals surface area contributed by atoms with E-state index in [4.69, 9.17) is 15.6 Å². The van der Waals surface area contributed by atoms with Crippen LogP contribution in [0.3, 0.4) is 0 Å². The lowest BCUT2D eigenvalue weighted by Crippen LogP contribution is -2.52. The van der Waals surface area contributed by atoms with Crippen molar-refractivity contribution in [2.75, 3.05) is 18.5 Å². The maximum Gasteiger partial charge on any atom is 0.490 e. The van der Waals surface area contributed by atoms with Crippen molar-refractivity contribution in [2.45, 2.75) is 13.1 Å². The molecule has 0 saturated heterocycles.